The van der Waals surface area contributed by atoms with Crippen molar-refractivity contribution in [3.05, 3.63) is 17.8 Å². The number of carbonyl (C=O) groups is 1. The van der Waals surface area contributed by atoms with E-state index in [-0.39, 0.29) is 12.0 Å². The molecule has 2 fully saturated rings. The van der Waals surface area contributed by atoms with Gasteiger partial charge in [0.2, 0.25) is 5.76 Å². The van der Waals surface area contributed by atoms with Crippen LogP contribution in [0.5, 0.6) is 0 Å². The van der Waals surface area contributed by atoms with Gasteiger partial charge < -0.3 is 14.1 Å². The SMILES string of the molecule is COC1CCCN(C(=O)c2ocnc2C2CC2)CC1. The molecule has 1 amide bonds. The smallest absolute Gasteiger partial charge is 0.291 e. The Morgan fingerprint density at radius 1 is 1.37 bits per heavy atom. The van der Waals surface area contributed by atoms with Crippen molar-refractivity contribution in [2.45, 2.75) is 44.1 Å². The van der Waals surface area contributed by atoms with Crippen LogP contribution < -0.4 is 0 Å². The number of likely N-dealkylation sites (tertiary alicyclic amines) is 1. The molecule has 0 radical (unpaired) electrons. The van der Waals surface area contributed by atoms with E-state index in [0.29, 0.717) is 11.7 Å². The molecule has 5 heteroatoms. The zero-order valence-corrected chi connectivity index (χ0v) is 11.3. The molecule has 3 rings (SSSR count). The lowest BCUT2D eigenvalue weighted by atomic mass is 10.2. The highest BCUT2D eigenvalue weighted by atomic mass is 16.5. The third kappa shape index (κ3) is 2.66. The molecule has 19 heavy (non-hydrogen) atoms. The van der Waals surface area contributed by atoms with Crippen LogP contribution in [0, 0.1) is 0 Å². The summed E-state index contributed by atoms with van der Waals surface area (Å²) in [4.78, 5) is 18.6. The summed E-state index contributed by atoms with van der Waals surface area (Å²) in [6.07, 6.45) is 6.82. The Morgan fingerprint density at radius 3 is 2.95 bits per heavy atom. The number of hydrogen-bond acceptors (Lipinski definition) is 4. The fourth-order valence-corrected chi connectivity index (χ4v) is 2.71. The minimum absolute atomic E-state index is 0.00356. The van der Waals surface area contributed by atoms with Gasteiger partial charge in [-0.25, -0.2) is 4.98 Å². The molecule has 1 aliphatic carbocycles. The van der Waals surface area contributed by atoms with E-state index < -0.39 is 0 Å². The molecular weight excluding hydrogens is 244 g/mol. The third-order valence-corrected chi connectivity index (χ3v) is 4.05. The molecule has 1 unspecified atom stereocenters. The minimum Gasteiger partial charge on any atom is -0.438 e. The van der Waals surface area contributed by atoms with Crippen LogP contribution in [0.4, 0.5) is 0 Å². The van der Waals surface area contributed by atoms with Crippen molar-refractivity contribution in [3.63, 3.8) is 0 Å². The number of rotatable bonds is 3. The van der Waals surface area contributed by atoms with Crippen LogP contribution in [-0.4, -0.2) is 42.1 Å². The first-order chi connectivity index (χ1) is 9.29. The molecule has 104 valence electrons. The monoisotopic (exact) mass is 264 g/mol. The molecule has 0 N–H and O–H groups in total. The summed E-state index contributed by atoms with van der Waals surface area (Å²) >= 11 is 0. The molecule has 0 spiro atoms. The average molecular weight is 264 g/mol. The van der Waals surface area contributed by atoms with E-state index in [4.69, 9.17) is 9.15 Å². The first kappa shape index (κ1) is 12.7. The number of nitrogens with zero attached hydrogens (tertiary/aromatic N) is 2. The fraction of sp³-hybridized carbons (Fsp3) is 0.714. The quantitative estimate of drug-likeness (QED) is 0.839. The topological polar surface area (TPSA) is 55.6 Å². The molecule has 1 aromatic heterocycles. The van der Waals surface area contributed by atoms with E-state index in [0.717, 1.165) is 50.9 Å². The lowest BCUT2D eigenvalue weighted by Crippen LogP contribution is -2.32. The van der Waals surface area contributed by atoms with Crippen LogP contribution >= 0.6 is 0 Å². The molecule has 1 aliphatic heterocycles. The second-order valence-electron chi connectivity index (χ2n) is 5.42. The van der Waals surface area contributed by atoms with Gasteiger partial charge in [-0.05, 0) is 32.1 Å². The van der Waals surface area contributed by atoms with Gasteiger partial charge in [0.05, 0.1) is 11.8 Å². The molecular formula is C14H20N2O3. The predicted molar refractivity (Wildman–Crippen MR) is 69.0 cm³/mol. The van der Waals surface area contributed by atoms with Crippen LogP contribution in [0.3, 0.4) is 0 Å². The number of oxazole rings is 1. The van der Waals surface area contributed by atoms with Crippen molar-refractivity contribution < 1.29 is 13.9 Å². The first-order valence-corrected chi connectivity index (χ1v) is 7.05. The second-order valence-corrected chi connectivity index (χ2v) is 5.42. The van der Waals surface area contributed by atoms with E-state index in [9.17, 15) is 4.79 Å². The Kier molecular flexibility index (Phi) is 3.55. The van der Waals surface area contributed by atoms with E-state index in [1.54, 1.807) is 7.11 Å². The van der Waals surface area contributed by atoms with E-state index in [1.807, 2.05) is 4.90 Å². The lowest BCUT2D eigenvalue weighted by Gasteiger charge is -2.19. The molecule has 1 saturated carbocycles. The van der Waals surface area contributed by atoms with Crippen LogP contribution in [-0.2, 0) is 4.74 Å². The largest absolute Gasteiger partial charge is 0.438 e. The van der Waals surface area contributed by atoms with Crippen molar-refractivity contribution in [2.75, 3.05) is 20.2 Å². The lowest BCUT2D eigenvalue weighted by molar-refractivity contribution is 0.0694. The molecule has 2 heterocycles. The predicted octanol–water partition coefficient (Wildman–Crippen LogP) is 2.19. The van der Waals surface area contributed by atoms with Gasteiger partial charge in [-0.15, -0.1) is 0 Å². The van der Waals surface area contributed by atoms with Gasteiger partial charge in [-0.2, -0.15) is 0 Å². The van der Waals surface area contributed by atoms with Crippen molar-refractivity contribution in [3.8, 4) is 0 Å². The molecule has 1 saturated heterocycles. The zero-order chi connectivity index (χ0) is 13.2. The van der Waals surface area contributed by atoms with Gasteiger partial charge in [0.15, 0.2) is 6.39 Å². The third-order valence-electron chi connectivity index (χ3n) is 4.05. The summed E-state index contributed by atoms with van der Waals surface area (Å²) in [5.41, 5.74) is 0.859. The Bertz CT molecular complexity index is 453. The summed E-state index contributed by atoms with van der Waals surface area (Å²) in [7, 11) is 1.74. The summed E-state index contributed by atoms with van der Waals surface area (Å²) in [5, 5.41) is 0. The fourth-order valence-electron chi connectivity index (χ4n) is 2.71. The molecule has 0 aromatic carbocycles. The van der Waals surface area contributed by atoms with Crippen LogP contribution in [0.15, 0.2) is 10.8 Å². The summed E-state index contributed by atoms with van der Waals surface area (Å²) < 4.78 is 10.7. The summed E-state index contributed by atoms with van der Waals surface area (Å²) in [5.74, 6) is 0.894. The number of ether oxygens (including phenoxy) is 1. The van der Waals surface area contributed by atoms with Gasteiger partial charge in [0.1, 0.15) is 0 Å². The molecule has 1 aromatic rings. The van der Waals surface area contributed by atoms with Crippen molar-refractivity contribution >= 4 is 5.91 Å². The standard InChI is InChI=1S/C14H20N2O3/c1-18-11-3-2-7-16(8-6-11)14(17)13-12(10-4-5-10)15-9-19-13/h9-11H,2-8H2,1H3. The number of aromatic nitrogens is 1. The molecule has 5 nitrogen and oxygen atoms in total. The number of hydrogen-bond donors (Lipinski definition) is 0. The maximum Gasteiger partial charge on any atom is 0.291 e. The zero-order valence-electron chi connectivity index (χ0n) is 11.3. The Balaban J connectivity index is 1.70. The minimum atomic E-state index is -0.00356. The number of amides is 1. The van der Waals surface area contributed by atoms with Gasteiger partial charge in [0.25, 0.3) is 5.91 Å². The normalized spacial score (nSPS) is 24.3. The van der Waals surface area contributed by atoms with Crippen LogP contribution in [0.25, 0.3) is 0 Å². The molecule has 0 bridgehead atoms. The Labute approximate surface area is 112 Å². The highest BCUT2D eigenvalue weighted by Crippen LogP contribution is 2.41. The van der Waals surface area contributed by atoms with Crippen molar-refractivity contribution in [1.29, 1.82) is 0 Å². The van der Waals surface area contributed by atoms with Gasteiger partial charge in [0, 0.05) is 26.1 Å². The molecule has 1 atom stereocenters. The van der Waals surface area contributed by atoms with Crippen LogP contribution in [0.1, 0.15) is 54.3 Å². The number of carbonyl (C=O) groups excluding carboxylic acids is 1. The summed E-state index contributed by atoms with van der Waals surface area (Å²) in [6.45, 7) is 1.52. The highest BCUT2D eigenvalue weighted by Gasteiger charge is 2.34. The van der Waals surface area contributed by atoms with Gasteiger partial charge >= 0.3 is 0 Å². The summed E-state index contributed by atoms with van der Waals surface area (Å²) in [6, 6.07) is 0. The highest BCUT2D eigenvalue weighted by molar-refractivity contribution is 5.92. The Morgan fingerprint density at radius 2 is 2.21 bits per heavy atom. The maximum atomic E-state index is 12.5. The van der Waals surface area contributed by atoms with E-state index in [1.165, 1.54) is 6.39 Å². The van der Waals surface area contributed by atoms with Crippen molar-refractivity contribution in [1.82, 2.24) is 9.88 Å². The maximum absolute atomic E-state index is 12.5. The van der Waals surface area contributed by atoms with E-state index >= 15 is 0 Å². The van der Waals surface area contributed by atoms with Gasteiger partial charge in [-0.1, -0.05) is 0 Å². The Hall–Kier alpha value is -1.36. The average Bonchev–Trinajstić information content (AvgIpc) is 3.20. The number of methoxy groups -OCH3 is 1. The van der Waals surface area contributed by atoms with Crippen molar-refractivity contribution in [2.24, 2.45) is 0 Å². The first-order valence-electron chi connectivity index (χ1n) is 7.05. The second kappa shape index (κ2) is 5.33. The van der Waals surface area contributed by atoms with E-state index in [2.05, 4.69) is 4.98 Å². The molecule has 2 aliphatic rings. The van der Waals surface area contributed by atoms with Gasteiger partial charge in [-0.3, -0.25) is 4.79 Å². The van der Waals surface area contributed by atoms with Crippen LogP contribution in [0.2, 0.25) is 0 Å².